The number of benzene rings is 3. The predicted octanol–water partition coefficient (Wildman–Crippen LogP) is 1.90. The van der Waals surface area contributed by atoms with Crippen LogP contribution < -0.4 is 34.9 Å². The number of hydrogen-bond acceptors (Lipinski definition) is 5. The van der Waals surface area contributed by atoms with Gasteiger partial charge in [-0.2, -0.15) is 0 Å². The summed E-state index contributed by atoms with van der Waals surface area (Å²) in [6.07, 6.45) is -0.118. The zero-order valence-corrected chi connectivity index (χ0v) is 23.0. The summed E-state index contributed by atoms with van der Waals surface area (Å²) < 4.78 is 26.1. The van der Waals surface area contributed by atoms with Crippen molar-refractivity contribution in [3.8, 4) is 0 Å². The number of aliphatic hydroxyl groups excluding tert-OH is 1. The fourth-order valence-corrected chi connectivity index (χ4v) is 5.62. The average Bonchev–Trinajstić information content (AvgIpc) is 2.77. The maximum absolute atomic E-state index is 13.1. The molecule has 3 aromatic rings. The third-order valence-corrected chi connectivity index (χ3v) is 7.67. The van der Waals surface area contributed by atoms with Gasteiger partial charge in [0.15, 0.2) is 0 Å². The van der Waals surface area contributed by atoms with E-state index in [0.717, 1.165) is 11.1 Å². The van der Waals surface area contributed by atoms with Gasteiger partial charge in [0.05, 0.1) is 21.6 Å². The Kier molecular flexibility index (Phi) is 10.6. The molecule has 0 saturated heterocycles. The van der Waals surface area contributed by atoms with Crippen LogP contribution in [-0.2, 0) is 16.3 Å². The number of hydrogen-bond donors (Lipinski definition) is 3. The first-order valence-corrected chi connectivity index (χ1v) is 12.4. The van der Waals surface area contributed by atoms with Crippen molar-refractivity contribution in [3.05, 3.63) is 93.5 Å². The second-order valence-electron chi connectivity index (χ2n) is 7.65. The van der Waals surface area contributed by atoms with Crippen LogP contribution in [0.5, 0.6) is 0 Å². The summed E-state index contributed by atoms with van der Waals surface area (Å²) in [6, 6.07) is 17.2. The van der Waals surface area contributed by atoms with Crippen LogP contribution in [-0.4, -0.2) is 37.2 Å². The van der Waals surface area contributed by atoms with E-state index in [4.69, 9.17) is 23.2 Å². The zero-order valence-electron chi connectivity index (χ0n) is 19.7. The van der Waals surface area contributed by atoms with Gasteiger partial charge in [-0.25, -0.2) is 13.2 Å². The van der Waals surface area contributed by atoms with Crippen LogP contribution >= 0.6 is 23.2 Å². The first kappa shape index (κ1) is 28.8. The molecule has 10 heteroatoms. The summed E-state index contributed by atoms with van der Waals surface area (Å²) in [7, 11) is -4.12. The number of sulfone groups is 1. The maximum Gasteiger partial charge on any atom is 1.00 e. The molecular formula is C24H24Cl2NNaO5S. The van der Waals surface area contributed by atoms with E-state index in [0.29, 0.717) is 18.0 Å². The molecule has 0 amide bonds. The van der Waals surface area contributed by atoms with E-state index in [-0.39, 0.29) is 52.5 Å². The van der Waals surface area contributed by atoms with Gasteiger partial charge in [0.2, 0.25) is 9.84 Å². The SMILES string of the molecule is C[C@H](Cc1ccc(S(=O)(=O)c2c(Cl)cccc2C(=O)O)cc1)NC[C@@H](O)c1cccc(Cl)c1.[H-].[Na+]. The third kappa shape index (κ3) is 7.06. The Bertz CT molecular complexity index is 1260. The molecule has 176 valence electrons. The molecule has 3 aromatic carbocycles. The number of aromatic carboxylic acids is 1. The number of carboxylic acids is 1. The van der Waals surface area contributed by atoms with Crippen molar-refractivity contribution in [2.75, 3.05) is 6.54 Å². The van der Waals surface area contributed by atoms with Crippen LogP contribution in [0.25, 0.3) is 0 Å². The Hall–Kier alpha value is -1.42. The molecule has 2 atom stereocenters. The molecule has 0 fully saturated rings. The van der Waals surface area contributed by atoms with Crippen molar-refractivity contribution in [2.45, 2.75) is 35.3 Å². The number of nitrogens with one attached hydrogen (secondary N) is 1. The molecule has 0 unspecified atom stereocenters. The standard InChI is InChI=1S/C24H23Cl2NO5S.Na.H/c1-15(27-14-22(28)17-4-2-5-18(25)13-17)12-16-8-10-19(11-9-16)33(31,32)23-20(24(29)30)6-3-7-21(23)26;;/h2-11,13,15,22,27-28H,12,14H2,1H3,(H,29,30);;/q;+1;-1/t15-,22-;;/m1../s1. The Morgan fingerprint density at radius 2 is 1.71 bits per heavy atom. The van der Waals surface area contributed by atoms with Gasteiger partial charge in [-0.15, -0.1) is 0 Å². The van der Waals surface area contributed by atoms with Crippen LogP contribution in [0.4, 0.5) is 0 Å². The molecule has 0 aliphatic heterocycles. The van der Waals surface area contributed by atoms with E-state index in [9.17, 15) is 23.4 Å². The predicted molar refractivity (Wildman–Crippen MR) is 129 cm³/mol. The molecule has 0 spiro atoms. The van der Waals surface area contributed by atoms with Gasteiger partial charge in [-0.3, -0.25) is 0 Å². The quantitative estimate of drug-likeness (QED) is 0.364. The minimum atomic E-state index is -4.12. The summed E-state index contributed by atoms with van der Waals surface area (Å²) in [5, 5.41) is 23.4. The molecule has 0 heterocycles. The molecule has 3 N–H and O–H groups in total. The summed E-state index contributed by atoms with van der Waals surface area (Å²) in [5.41, 5.74) is 1.23. The number of carbonyl (C=O) groups is 1. The molecule has 0 radical (unpaired) electrons. The van der Waals surface area contributed by atoms with Gasteiger partial charge < -0.3 is 17.0 Å². The van der Waals surface area contributed by atoms with Crippen molar-refractivity contribution >= 4 is 39.0 Å². The zero-order chi connectivity index (χ0) is 24.2. The van der Waals surface area contributed by atoms with E-state index in [1.54, 1.807) is 36.4 Å². The molecule has 0 aliphatic rings. The van der Waals surface area contributed by atoms with Crippen molar-refractivity contribution in [1.29, 1.82) is 0 Å². The van der Waals surface area contributed by atoms with E-state index in [2.05, 4.69) is 5.32 Å². The topological polar surface area (TPSA) is 104 Å². The summed E-state index contributed by atoms with van der Waals surface area (Å²) in [4.78, 5) is 11.0. The van der Waals surface area contributed by atoms with Crippen LogP contribution in [0.1, 0.15) is 35.9 Å². The van der Waals surface area contributed by atoms with Gasteiger partial charge in [-0.1, -0.05) is 53.5 Å². The molecule has 0 bridgehead atoms. The summed E-state index contributed by atoms with van der Waals surface area (Å²) in [5.74, 6) is -1.37. The summed E-state index contributed by atoms with van der Waals surface area (Å²) in [6.45, 7) is 2.29. The van der Waals surface area contributed by atoms with Gasteiger partial charge >= 0.3 is 35.5 Å². The minimum Gasteiger partial charge on any atom is -1.00 e. The average molecular weight is 532 g/mol. The number of rotatable bonds is 9. The monoisotopic (exact) mass is 531 g/mol. The van der Waals surface area contributed by atoms with Crippen LogP contribution in [0.15, 0.2) is 76.5 Å². The molecular weight excluding hydrogens is 508 g/mol. The minimum absolute atomic E-state index is 0. The first-order valence-electron chi connectivity index (χ1n) is 10.1. The van der Waals surface area contributed by atoms with Gasteiger partial charge in [-0.05, 0) is 60.9 Å². The van der Waals surface area contributed by atoms with Crippen LogP contribution in [0.2, 0.25) is 10.0 Å². The van der Waals surface area contributed by atoms with Gasteiger partial charge in [0.1, 0.15) is 4.90 Å². The Morgan fingerprint density at radius 3 is 2.32 bits per heavy atom. The number of aliphatic hydroxyl groups is 1. The fraction of sp³-hybridized carbons (Fsp3) is 0.208. The first-order chi connectivity index (χ1) is 15.6. The van der Waals surface area contributed by atoms with Gasteiger partial charge in [0, 0.05) is 17.6 Å². The van der Waals surface area contributed by atoms with Crippen molar-refractivity contribution < 1.29 is 54.4 Å². The largest absolute Gasteiger partial charge is 1.00 e. The molecule has 0 aliphatic carbocycles. The second kappa shape index (κ2) is 12.5. The Labute approximate surface area is 232 Å². The fourth-order valence-electron chi connectivity index (χ4n) is 3.44. The smallest absolute Gasteiger partial charge is 1.00 e. The molecule has 6 nitrogen and oxygen atoms in total. The maximum atomic E-state index is 13.1. The third-order valence-electron chi connectivity index (χ3n) is 5.13. The van der Waals surface area contributed by atoms with Crippen LogP contribution in [0.3, 0.4) is 0 Å². The normalized spacial score (nSPS) is 13.1. The van der Waals surface area contributed by atoms with Gasteiger partial charge in [0.25, 0.3) is 0 Å². The van der Waals surface area contributed by atoms with E-state index in [1.165, 1.54) is 30.3 Å². The van der Waals surface area contributed by atoms with Crippen molar-refractivity contribution in [2.24, 2.45) is 0 Å². The summed E-state index contributed by atoms with van der Waals surface area (Å²) >= 11 is 12.0. The molecule has 3 rings (SSSR count). The van der Waals surface area contributed by atoms with E-state index >= 15 is 0 Å². The number of halogens is 2. The van der Waals surface area contributed by atoms with E-state index < -0.39 is 26.8 Å². The molecule has 0 aromatic heterocycles. The molecule has 0 saturated carbocycles. The molecule has 34 heavy (non-hydrogen) atoms. The van der Waals surface area contributed by atoms with Crippen molar-refractivity contribution in [3.63, 3.8) is 0 Å². The van der Waals surface area contributed by atoms with Crippen molar-refractivity contribution in [1.82, 2.24) is 5.32 Å². The van der Waals surface area contributed by atoms with Crippen LogP contribution in [0, 0.1) is 0 Å². The Balaban J connectivity index is 0.00000306. The second-order valence-corrected chi connectivity index (χ2v) is 10.4. The van der Waals surface area contributed by atoms with E-state index in [1.807, 2.05) is 6.92 Å². The Morgan fingerprint density at radius 1 is 1.06 bits per heavy atom. The number of carboxylic acid groups (broad SMARTS) is 1.